The predicted octanol–water partition coefficient (Wildman–Crippen LogP) is 2.37. The summed E-state index contributed by atoms with van der Waals surface area (Å²) in [6.07, 6.45) is 5.43. The van der Waals surface area contributed by atoms with Crippen molar-refractivity contribution in [3.05, 3.63) is 16.9 Å². The van der Waals surface area contributed by atoms with Gasteiger partial charge in [0.1, 0.15) is 0 Å². The average molecular weight is 228 g/mol. The lowest BCUT2D eigenvalue weighted by Crippen LogP contribution is -2.31. The molecular weight excluding hydrogens is 210 g/mol. The Bertz CT molecular complexity index is 327. The van der Waals surface area contributed by atoms with Gasteiger partial charge in [0.05, 0.1) is 6.04 Å². The number of piperidine rings is 1. The zero-order valence-electron chi connectivity index (χ0n) is 9.41. The van der Waals surface area contributed by atoms with Crippen molar-refractivity contribution in [3.8, 4) is 0 Å². The van der Waals surface area contributed by atoms with Crippen LogP contribution in [0.2, 0.25) is 5.15 Å². The maximum absolute atomic E-state index is 6.05. The lowest BCUT2D eigenvalue weighted by atomic mass is 10.1. The highest BCUT2D eigenvalue weighted by atomic mass is 35.5. The molecule has 0 bridgehead atoms. The molecule has 2 rings (SSSR count). The molecule has 0 N–H and O–H groups in total. The number of aromatic nitrogens is 2. The Morgan fingerprint density at radius 2 is 2.13 bits per heavy atom. The molecule has 4 heteroatoms. The van der Waals surface area contributed by atoms with Gasteiger partial charge in [-0.1, -0.05) is 18.5 Å². The van der Waals surface area contributed by atoms with Crippen LogP contribution in [-0.2, 0) is 6.42 Å². The van der Waals surface area contributed by atoms with Gasteiger partial charge in [0.15, 0.2) is 5.15 Å². The summed E-state index contributed by atoms with van der Waals surface area (Å²) in [4.78, 5) is 2.36. The van der Waals surface area contributed by atoms with Crippen LogP contribution >= 0.6 is 11.6 Å². The van der Waals surface area contributed by atoms with E-state index in [1.54, 1.807) is 0 Å². The number of hydrogen-bond acceptors (Lipinski definition) is 2. The molecular formula is C11H18ClN3. The minimum absolute atomic E-state index is 0.541. The van der Waals surface area contributed by atoms with Crippen molar-refractivity contribution < 1.29 is 0 Å². The van der Waals surface area contributed by atoms with Gasteiger partial charge in [-0.3, -0.25) is 4.68 Å². The van der Waals surface area contributed by atoms with Crippen LogP contribution in [0, 0.1) is 0 Å². The topological polar surface area (TPSA) is 21.1 Å². The van der Waals surface area contributed by atoms with Crippen molar-refractivity contribution in [3.63, 3.8) is 0 Å². The second-order valence-electron chi connectivity index (χ2n) is 4.31. The fourth-order valence-electron chi connectivity index (χ4n) is 2.09. The van der Waals surface area contributed by atoms with E-state index in [2.05, 4.69) is 34.8 Å². The van der Waals surface area contributed by atoms with Gasteiger partial charge < -0.3 is 4.90 Å². The summed E-state index contributed by atoms with van der Waals surface area (Å²) >= 11 is 6.05. The number of rotatable bonds is 2. The quantitative estimate of drug-likeness (QED) is 0.774. The van der Waals surface area contributed by atoms with Crippen LogP contribution in [0.3, 0.4) is 0 Å². The first-order valence-electron chi connectivity index (χ1n) is 5.62. The third kappa shape index (κ3) is 2.34. The molecule has 1 aliphatic heterocycles. The molecule has 1 aromatic rings. The normalized spacial score (nSPS) is 19.7. The Morgan fingerprint density at radius 3 is 2.67 bits per heavy atom. The first kappa shape index (κ1) is 11.0. The molecule has 1 fully saturated rings. The van der Waals surface area contributed by atoms with Crippen molar-refractivity contribution >= 4 is 11.6 Å². The zero-order valence-corrected chi connectivity index (χ0v) is 10.2. The number of aryl methyl sites for hydroxylation is 1. The largest absolute Gasteiger partial charge is 0.306 e. The highest BCUT2D eigenvalue weighted by molar-refractivity contribution is 6.30. The Labute approximate surface area is 96.0 Å². The van der Waals surface area contributed by atoms with Crippen LogP contribution in [0.25, 0.3) is 0 Å². The Hall–Kier alpha value is -0.540. The molecule has 0 amide bonds. The Balaban J connectivity index is 2.09. The zero-order chi connectivity index (χ0) is 10.8. The molecule has 15 heavy (non-hydrogen) atoms. The molecule has 1 aliphatic rings. The number of halogens is 1. The first-order valence-corrected chi connectivity index (χ1v) is 6.00. The molecule has 0 unspecified atom stereocenters. The average Bonchev–Trinajstić information content (AvgIpc) is 2.61. The fraction of sp³-hybridized carbons (Fsp3) is 0.727. The van der Waals surface area contributed by atoms with Crippen molar-refractivity contribution in [2.45, 2.75) is 32.2 Å². The summed E-state index contributed by atoms with van der Waals surface area (Å²) in [5.74, 6) is 0. The van der Waals surface area contributed by atoms with E-state index in [4.69, 9.17) is 11.6 Å². The van der Waals surface area contributed by atoms with E-state index in [-0.39, 0.29) is 0 Å². The van der Waals surface area contributed by atoms with E-state index in [9.17, 15) is 0 Å². The third-order valence-corrected chi connectivity index (χ3v) is 3.52. The van der Waals surface area contributed by atoms with E-state index in [1.807, 2.05) is 0 Å². The molecule has 0 aromatic carbocycles. The summed E-state index contributed by atoms with van der Waals surface area (Å²) < 4.78 is 2.06. The van der Waals surface area contributed by atoms with Crippen molar-refractivity contribution in [1.29, 1.82) is 0 Å². The maximum Gasteiger partial charge on any atom is 0.154 e. The molecule has 1 aromatic heterocycles. The van der Waals surface area contributed by atoms with Gasteiger partial charge in [0.25, 0.3) is 0 Å². The summed E-state index contributed by atoms with van der Waals surface area (Å²) in [5, 5.41) is 5.07. The second-order valence-corrected chi connectivity index (χ2v) is 4.67. The molecule has 0 saturated carbocycles. The molecule has 3 nitrogen and oxygen atoms in total. The van der Waals surface area contributed by atoms with Crippen molar-refractivity contribution in [2.24, 2.45) is 0 Å². The number of nitrogens with zero attached hydrogens (tertiary/aromatic N) is 3. The van der Waals surface area contributed by atoms with Gasteiger partial charge in [0, 0.05) is 11.8 Å². The van der Waals surface area contributed by atoms with Gasteiger partial charge in [0.2, 0.25) is 0 Å². The summed E-state index contributed by atoms with van der Waals surface area (Å²) in [6, 6.07) is 0.541. The number of hydrogen-bond donors (Lipinski definition) is 0. The Morgan fingerprint density at radius 1 is 1.47 bits per heavy atom. The SMILES string of the molecule is CCc1cn(C2CCN(C)CC2)nc1Cl. The predicted molar refractivity (Wildman–Crippen MR) is 62.4 cm³/mol. The van der Waals surface area contributed by atoms with Crippen LogP contribution in [0.4, 0.5) is 0 Å². The van der Waals surface area contributed by atoms with Gasteiger partial charge >= 0.3 is 0 Å². The van der Waals surface area contributed by atoms with Gasteiger partial charge in [-0.2, -0.15) is 5.10 Å². The summed E-state index contributed by atoms with van der Waals surface area (Å²) in [6.45, 7) is 4.43. The summed E-state index contributed by atoms with van der Waals surface area (Å²) in [7, 11) is 2.17. The van der Waals surface area contributed by atoms with Crippen LogP contribution < -0.4 is 0 Å². The molecule has 1 saturated heterocycles. The van der Waals surface area contributed by atoms with Crippen molar-refractivity contribution in [2.75, 3.05) is 20.1 Å². The van der Waals surface area contributed by atoms with Gasteiger partial charge in [-0.15, -0.1) is 0 Å². The lowest BCUT2D eigenvalue weighted by molar-refractivity contribution is 0.212. The van der Waals surface area contributed by atoms with Crippen LogP contribution in [-0.4, -0.2) is 34.8 Å². The van der Waals surface area contributed by atoms with E-state index in [1.165, 1.54) is 12.8 Å². The molecule has 84 valence electrons. The van der Waals surface area contributed by atoms with Crippen LogP contribution in [0.5, 0.6) is 0 Å². The van der Waals surface area contributed by atoms with E-state index >= 15 is 0 Å². The van der Waals surface area contributed by atoms with E-state index in [0.29, 0.717) is 11.2 Å². The van der Waals surface area contributed by atoms with Crippen LogP contribution in [0.1, 0.15) is 31.4 Å². The smallest absolute Gasteiger partial charge is 0.154 e. The van der Waals surface area contributed by atoms with Gasteiger partial charge in [-0.05, 0) is 39.4 Å². The Kier molecular flexibility index (Phi) is 3.32. The van der Waals surface area contributed by atoms with Gasteiger partial charge in [-0.25, -0.2) is 0 Å². The highest BCUT2D eigenvalue weighted by Crippen LogP contribution is 2.24. The minimum atomic E-state index is 0.541. The standard InChI is InChI=1S/C11H18ClN3/c1-3-9-8-15(13-11(9)12)10-4-6-14(2)7-5-10/h8,10H,3-7H2,1-2H3. The third-order valence-electron chi connectivity index (χ3n) is 3.20. The molecule has 0 aliphatic carbocycles. The monoisotopic (exact) mass is 227 g/mol. The van der Waals surface area contributed by atoms with Crippen molar-refractivity contribution in [1.82, 2.24) is 14.7 Å². The molecule has 0 spiro atoms. The maximum atomic E-state index is 6.05. The van der Waals surface area contributed by atoms with E-state index < -0.39 is 0 Å². The fourth-order valence-corrected chi connectivity index (χ4v) is 2.36. The number of likely N-dealkylation sites (tertiary alicyclic amines) is 1. The second kappa shape index (κ2) is 4.54. The summed E-state index contributed by atoms with van der Waals surface area (Å²) in [5.41, 5.74) is 1.16. The molecule has 0 atom stereocenters. The lowest BCUT2D eigenvalue weighted by Gasteiger charge is -2.28. The minimum Gasteiger partial charge on any atom is -0.306 e. The highest BCUT2D eigenvalue weighted by Gasteiger charge is 2.19. The first-order chi connectivity index (χ1) is 7.20. The molecule has 0 radical (unpaired) electrons. The molecule has 2 heterocycles. The van der Waals surface area contributed by atoms with E-state index in [0.717, 1.165) is 25.1 Å². The van der Waals surface area contributed by atoms with Crippen LogP contribution in [0.15, 0.2) is 6.20 Å².